The third-order valence-corrected chi connectivity index (χ3v) is 4.62. The minimum Gasteiger partial charge on any atom is -0.356 e. The lowest BCUT2D eigenvalue weighted by molar-refractivity contribution is -0.122. The zero-order valence-electron chi connectivity index (χ0n) is 12.6. The Labute approximate surface area is 130 Å². The van der Waals surface area contributed by atoms with Crippen molar-refractivity contribution >= 4 is 22.4 Å². The number of hydrogen-bond donors (Lipinski definition) is 2. The number of nitrogens with two attached hydrogens (primary N) is 1. The first-order valence-corrected chi connectivity index (χ1v) is 8.47. The summed E-state index contributed by atoms with van der Waals surface area (Å²) in [5.41, 5.74) is 5.86. The number of nitrogens with one attached hydrogen (secondary N) is 1. The van der Waals surface area contributed by atoms with Crippen LogP contribution in [-0.2, 0) is 4.79 Å². The molecule has 2 rings (SSSR count). The molecule has 0 saturated carbocycles. The second kappa shape index (κ2) is 8.31. The van der Waals surface area contributed by atoms with Crippen molar-refractivity contribution in [1.82, 2.24) is 15.2 Å². The quantitative estimate of drug-likeness (QED) is 0.767. The molecule has 118 valence electrons. The van der Waals surface area contributed by atoms with Crippen molar-refractivity contribution in [3.8, 4) is 0 Å². The van der Waals surface area contributed by atoms with Crippen LogP contribution in [0.5, 0.6) is 0 Å². The maximum Gasteiger partial charge on any atom is 0.221 e. The Balaban J connectivity index is 1.80. The molecule has 1 unspecified atom stereocenters. The molecule has 7 heteroatoms. The van der Waals surface area contributed by atoms with E-state index in [0.29, 0.717) is 13.0 Å². The second-order valence-corrected chi connectivity index (χ2v) is 6.15. The predicted molar refractivity (Wildman–Crippen MR) is 86.7 cm³/mol. The summed E-state index contributed by atoms with van der Waals surface area (Å²) in [5, 5.41) is 6.01. The highest BCUT2D eigenvalue weighted by Gasteiger charge is 2.25. The molecular weight excluding hydrogens is 286 g/mol. The number of carbonyl (C=O) groups excluding carboxylic acids is 1. The van der Waals surface area contributed by atoms with Crippen LogP contribution in [0.15, 0.2) is 11.6 Å². The van der Waals surface area contributed by atoms with Gasteiger partial charge in [-0.3, -0.25) is 9.69 Å². The van der Waals surface area contributed by atoms with Crippen molar-refractivity contribution < 1.29 is 4.79 Å². The lowest BCUT2D eigenvalue weighted by Gasteiger charge is -2.38. The number of amides is 1. The van der Waals surface area contributed by atoms with Crippen molar-refractivity contribution in [3.05, 3.63) is 11.6 Å². The zero-order valence-corrected chi connectivity index (χ0v) is 13.4. The number of carbonyl (C=O) groups is 1. The van der Waals surface area contributed by atoms with Gasteiger partial charge in [0, 0.05) is 63.3 Å². The molecule has 21 heavy (non-hydrogen) atoms. The molecule has 0 bridgehead atoms. The van der Waals surface area contributed by atoms with Gasteiger partial charge in [0.2, 0.25) is 5.91 Å². The van der Waals surface area contributed by atoms with Crippen LogP contribution in [-0.4, -0.2) is 61.1 Å². The summed E-state index contributed by atoms with van der Waals surface area (Å²) in [6.07, 6.45) is 3.30. The number of thiazole rings is 1. The maximum absolute atomic E-state index is 11.9. The average molecular weight is 311 g/mol. The Morgan fingerprint density at radius 1 is 1.48 bits per heavy atom. The Bertz CT molecular complexity index is 417. The molecule has 0 aromatic carbocycles. The van der Waals surface area contributed by atoms with E-state index in [2.05, 4.69) is 27.0 Å². The summed E-state index contributed by atoms with van der Waals surface area (Å²) < 4.78 is 0. The van der Waals surface area contributed by atoms with Crippen molar-refractivity contribution in [1.29, 1.82) is 0 Å². The first-order chi connectivity index (χ1) is 10.2. The smallest absolute Gasteiger partial charge is 0.221 e. The van der Waals surface area contributed by atoms with E-state index in [9.17, 15) is 4.79 Å². The summed E-state index contributed by atoms with van der Waals surface area (Å²) in [4.78, 5) is 20.8. The number of piperazine rings is 1. The molecule has 0 spiro atoms. The standard InChI is InChI=1S/C14H25N5OS/c1-2-3-16-13(20)10-12(11-15)18-5-7-19(8-6-18)14-17-4-9-21-14/h4,9,12H,2-3,5-8,10-11,15H2,1H3,(H,16,20). The van der Waals surface area contributed by atoms with Crippen LogP contribution in [0.4, 0.5) is 5.13 Å². The number of nitrogens with zero attached hydrogens (tertiary/aromatic N) is 3. The molecule has 1 atom stereocenters. The molecule has 1 saturated heterocycles. The van der Waals surface area contributed by atoms with Gasteiger partial charge in [-0.15, -0.1) is 11.3 Å². The van der Waals surface area contributed by atoms with Crippen LogP contribution in [0.1, 0.15) is 19.8 Å². The largest absolute Gasteiger partial charge is 0.356 e. The van der Waals surface area contributed by atoms with Gasteiger partial charge in [-0.1, -0.05) is 6.92 Å². The molecule has 6 nitrogen and oxygen atoms in total. The molecule has 0 radical (unpaired) electrons. The van der Waals surface area contributed by atoms with Crippen LogP contribution in [0.2, 0.25) is 0 Å². The topological polar surface area (TPSA) is 74.5 Å². The molecule has 3 N–H and O–H groups in total. The number of hydrogen-bond acceptors (Lipinski definition) is 6. The fraction of sp³-hybridized carbons (Fsp3) is 0.714. The van der Waals surface area contributed by atoms with Crippen LogP contribution in [0.25, 0.3) is 0 Å². The van der Waals surface area contributed by atoms with Gasteiger partial charge in [0.05, 0.1) is 0 Å². The number of aromatic nitrogens is 1. The highest BCUT2D eigenvalue weighted by atomic mass is 32.1. The Morgan fingerprint density at radius 3 is 2.81 bits per heavy atom. The van der Waals surface area contributed by atoms with E-state index in [0.717, 1.165) is 44.3 Å². The normalized spacial score (nSPS) is 17.7. The van der Waals surface area contributed by atoms with Gasteiger partial charge < -0.3 is 16.0 Å². The van der Waals surface area contributed by atoms with Crippen LogP contribution in [0, 0.1) is 0 Å². The lowest BCUT2D eigenvalue weighted by Crippen LogP contribution is -2.53. The fourth-order valence-corrected chi connectivity index (χ4v) is 3.26. The van der Waals surface area contributed by atoms with Gasteiger partial charge in [0.25, 0.3) is 0 Å². The highest BCUT2D eigenvalue weighted by molar-refractivity contribution is 7.13. The third kappa shape index (κ3) is 4.66. The van der Waals surface area contributed by atoms with Crippen LogP contribution >= 0.6 is 11.3 Å². The summed E-state index contributed by atoms with van der Waals surface area (Å²) in [5.74, 6) is 0.106. The molecule has 0 aliphatic carbocycles. The molecule has 1 aromatic heterocycles. The summed E-state index contributed by atoms with van der Waals surface area (Å²) in [7, 11) is 0. The highest BCUT2D eigenvalue weighted by Crippen LogP contribution is 2.19. The van der Waals surface area contributed by atoms with Gasteiger partial charge in [0.1, 0.15) is 0 Å². The van der Waals surface area contributed by atoms with E-state index in [1.807, 2.05) is 11.6 Å². The molecule has 1 aliphatic heterocycles. The lowest BCUT2D eigenvalue weighted by atomic mass is 10.1. The summed E-state index contributed by atoms with van der Waals surface area (Å²) in [6, 6.07) is 0.139. The predicted octanol–water partition coefficient (Wildman–Crippen LogP) is 0.509. The molecular formula is C14H25N5OS. The first-order valence-electron chi connectivity index (χ1n) is 7.59. The van der Waals surface area contributed by atoms with Crippen LogP contribution in [0.3, 0.4) is 0 Å². The minimum absolute atomic E-state index is 0.106. The zero-order chi connectivity index (χ0) is 15.1. The number of rotatable bonds is 7. The van der Waals surface area contributed by atoms with E-state index in [-0.39, 0.29) is 11.9 Å². The molecule has 1 amide bonds. The van der Waals surface area contributed by atoms with Crippen molar-refractivity contribution in [3.63, 3.8) is 0 Å². The summed E-state index contributed by atoms with van der Waals surface area (Å²) in [6.45, 7) is 7.08. The Hall–Kier alpha value is -1.18. The third-order valence-electron chi connectivity index (χ3n) is 3.79. The van der Waals surface area contributed by atoms with Crippen molar-refractivity contribution in [2.24, 2.45) is 5.73 Å². The molecule has 1 fully saturated rings. The SMILES string of the molecule is CCCNC(=O)CC(CN)N1CCN(c2nccs2)CC1. The molecule has 1 aromatic rings. The van der Waals surface area contributed by atoms with Gasteiger partial charge >= 0.3 is 0 Å². The van der Waals surface area contributed by atoms with Crippen molar-refractivity contribution in [2.45, 2.75) is 25.8 Å². The van der Waals surface area contributed by atoms with E-state index in [4.69, 9.17) is 5.73 Å². The van der Waals surface area contributed by atoms with E-state index >= 15 is 0 Å². The summed E-state index contributed by atoms with van der Waals surface area (Å²) >= 11 is 1.67. The van der Waals surface area contributed by atoms with Gasteiger partial charge in [-0.25, -0.2) is 4.98 Å². The molecule has 1 aliphatic rings. The van der Waals surface area contributed by atoms with Gasteiger partial charge in [-0.2, -0.15) is 0 Å². The van der Waals surface area contributed by atoms with Gasteiger partial charge in [-0.05, 0) is 6.42 Å². The van der Waals surface area contributed by atoms with E-state index < -0.39 is 0 Å². The monoisotopic (exact) mass is 311 g/mol. The first kappa shape index (κ1) is 16.2. The maximum atomic E-state index is 11.9. The second-order valence-electron chi connectivity index (χ2n) is 5.28. The van der Waals surface area contributed by atoms with Crippen molar-refractivity contribution in [2.75, 3.05) is 44.2 Å². The molecule has 2 heterocycles. The van der Waals surface area contributed by atoms with Crippen LogP contribution < -0.4 is 16.0 Å². The number of anilines is 1. The van der Waals surface area contributed by atoms with E-state index in [1.54, 1.807) is 11.3 Å². The average Bonchev–Trinajstić information content (AvgIpc) is 3.05. The fourth-order valence-electron chi connectivity index (χ4n) is 2.56. The Morgan fingerprint density at radius 2 is 2.24 bits per heavy atom. The Kier molecular flexibility index (Phi) is 6.41. The van der Waals surface area contributed by atoms with Gasteiger partial charge in [0.15, 0.2) is 5.13 Å². The minimum atomic E-state index is 0.106. The van der Waals surface area contributed by atoms with E-state index in [1.165, 1.54) is 0 Å².